The van der Waals surface area contributed by atoms with E-state index in [1.54, 1.807) is 0 Å². The van der Waals surface area contributed by atoms with Gasteiger partial charge in [0.15, 0.2) is 0 Å². The van der Waals surface area contributed by atoms with E-state index >= 15 is 0 Å². The number of nitrogens with zero attached hydrogens (tertiary/aromatic N) is 1. The van der Waals surface area contributed by atoms with Gasteiger partial charge in [-0.1, -0.05) is 0 Å². The highest BCUT2D eigenvalue weighted by Gasteiger charge is 2.18. The summed E-state index contributed by atoms with van der Waals surface area (Å²) in [7, 11) is 0. The number of carbonyl (C=O) groups is 1. The van der Waals surface area contributed by atoms with Crippen LogP contribution in [0.5, 0.6) is 0 Å². The molecule has 0 aliphatic carbocycles. The lowest BCUT2D eigenvalue weighted by Gasteiger charge is -2.22. The number of rotatable bonds is 6. The van der Waals surface area contributed by atoms with Crippen LogP contribution in [0.4, 0.5) is 0 Å². The van der Waals surface area contributed by atoms with Crippen molar-refractivity contribution in [3.8, 4) is 0 Å². The van der Waals surface area contributed by atoms with Crippen molar-refractivity contribution < 1.29 is 14.6 Å². The summed E-state index contributed by atoms with van der Waals surface area (Å²) in [5.74, 6) is 0.122. The van der Waals surface area contributed by atoms with E-state index in [-0.39, 0.29) is 18.1 Å². The fraction of sp³-hybridized carbons (Fsp3) is 0.923. The van der Waals surface area contributed by atoms with Gasteiger partial charge in [0.1, 0.15) is 0 Å². The van der Waals surface area contributed by atoms with Gasteiger partial charge in [-0.05, 0) is 33.6 Å². The first-order valence-corrected chi connectivity index (χ1v) is 6.69. The summed E-state index contributed by atoms with van der Waals surface area (Å²) in [5, 5.41) is 12.7. The monoisotopic (exact) mass is 258 g/mol. The highest BCUT2D eigenvalue weighted by Crippen LogP contribution is 2.07. The van der Waals surface area contributed by atoms with E-state index in [4.69, 9.17) is 4.74 Å². The third-order valence-electron chi connectivity index (χ3n) is 2.82. The molecular weight excluding hydrogens is 232 g/mol. The van der Waals surface area contributed by atoms with Gasteiger partial charge in [-0.25, -0.2) is 0 Å². The SMILES string of the molecule is CC(C)(C)OCC(O)CNCC(=O)N1CCCC1. The molecule has 2 N–H and O–H groups in total. The molecule has 1 aliphatic heterocycles. The van der Waals surface area contributed by atoms with Crippen molar-refractivity contribution in [3.05, 3.63) is 0 Å². The van der Waals surface area contributed by atoms with Crippen LogP contribution in [0.2, 0.25) is 0 Å². The highest BCUT2D eigenvalue weighted by molar-refractivity contribution is 5.78. The van der Waals surface area contributed by atoms with E-state index in [0.29, 0.717) is 13.1 Å². The van der Waals surface area contributed by atoms with Gasteiger partial charge in [0.05, 0.1) is 24.9 Å². The molecule has 1 unspecified atom stereocenters. The van der Waals surface area contributed by atoms with E-state index < -0.39 is 6.10 Å². The average Bonchev–Trinajstić information content (AvgIpc) is 2.78. The van der Waals surface area contributed by atoms with Crippen LogP contribution in [-0.4, -0.2) is 60.4 Å². The van der Waals surface area contributed by atoms with Crippen LogP contribution in [0.3, 0.4) is 0 Å². The number of carbonyl (C=O) groups excluding carboxylic acids is 1. The largest absolute Gasteiger partial charge is 0.389 e. The molecule has 106 valence electrons. The molecule has 0 radical (unpaired) electrons. The molecule has 0 saturated carbocycles. The molecule has 1 atom stereocenters. The Hall–Kier alpha value is -0.650. The maximum atomic E-state index is 11.7. The number of aliphatic hydroxyl groups is 1. The Labute approximate surface area is 109 Å². The van der Waals surface area contributed by atoms with Crippen LogP contribution >= 0.6 is 0 Å². The van der Waals surface area contributed by atoms with Crippen molar-refractivity contribution in [2.24, 2.45) is 0 Å². The summed E-state index contributed by atoms with van der Waals surface area (Å²) in [6.45, 7) is 8.56. The first kappa shape index (κ1) is 15.4. The van der Waals surface area contributed by atoms with Gasteiger partial charge in [0, 0.05) is 19.6 Å². The van der Waals surface area contributed by atoms with Crippen molar-refractivity contribution >= 4 is 5.91 Å². The fourth-order valence-corrected chi connectivity index (χ4v) is 1.83. The zero-order valence-corrected chi connectivity index (χ0v) is 11.7. The Morgan fingerprint density at radius 3 is 2.56 bits per heavy atom. The molecule has 0 aromatic heterocycles. The first-order valence-electron chi connectivity index (χ1n) is 6.69. The molecule has 0 spiro atoms. The minimum atomic E-state index is -0.574. The molecule has 18 heavy (non-hydrogen) atoms. The zero-order chi connectivity index (χ0) is 13.6. The first-order chi connectivity index (χ1) is 8.38. The molecule has 1 fully saturated rings. The minimum Gasteiger partial charge on any atom is -0.389 e. The molecule has 0 bridgehead atoms. The Balaban J connectivity index is 2.07. The van der Waals surface area contributed by atoms with Crippen molar-refractivity contribution in [3.63, 3.8) is 0 Å². The van der Waals surface area contributed by atoms with E-state index in [0.717, 1.165) is 25.9 Å². The summed E-state index contributed by atoms with van der Waals surface area (Å²) in [6.07, 6.45) is 1.64. The highest BCUT2D eigenvalue weighted by atomic mass is 16.5. The number of likely N-dealkylation sites (tertiary alicyclic amines) is 1. The molecular formula is C13H26N2O3. The van der Waals surface area contributed by atoms with Crippen LogP contribution in [-0.2, 0) is 9.53 Å². The van der Waals surface area contributed by atoms with Crippen molar-refractivity contribution in [2.75, 3.05) is 32.8 Å². The second-order valence-corrected chi connectivity index (χ2v) is 5.80. The molecule has 0 aromatic carbocycles. The van der Waals surface area contributed by atoms with Crippen molar-refractivity contribution in [1.82, 2.24) is 10.2 Å². The van der Waals surface area contributed by atoms with E-state index in [2.05, 4.69) is 5.32 Å². The lowest BCUT2D eigenvalue weighted by molar-refractivity contribution is -0.129. The number of ether oxygens (including phenoxy) is 1. The van der Waals surface area contributed by atoms with Gasteiger partial charge in [-0.3, -0.25) is 4.79 Å². The average molecular weight is 258 g/mol. The van der Waals surface area contributed by atoms with Gasteiger partial charge in [0.2, 0.25) is 5.91 Å². The van der Waals surface area contributed by atoms with E-state index in [9.17, 15) is 9.90 Å². The summed E-state index contributed by atoms with van der Waals surface area (Å²) in [4.78, 5) is 13.6. The number of nitrogens with one attached hydrogen (secondary N) is 1. The topological polar surface area (TPSA) is 61.8 Å². The number of hydrogen-bond donors (Lipinski definition) is 2. The molecule has 1 amide bonds. The zero-order valence-electron chi connectivity index (χ0n) is 11.7. The summed E-state index contributed by atoms with van der Waals surface area (Å²) in [6, 6.07) is 0. The summed E-state index contributed by atoms with van der Waals surface area (Å²) in [5.41, 5.74) is -0.244. The van der Waals surface area contributed by atoms with Crippen LogP contribution < -0.4 is 5.32 Å². The molecule has 1 rings (SSSR count). The smallest absolute Gasteiger partial charge is 0.236 e. The second-order valence-electron chi connectivity index (χ2n) is 5.80. The van der Waals surface area contributed by atoms with Crippen molar-refractivity contribution in [1.29, 1.82) is 0 Å². The van der Waals surface area contributed by atoms with Crippen molar-refractivity contribution in [2.45, 2.75) is 45.3 Å². The maximum Gasteiger partial charge on any atom is 0.236 e. The molecule has 5 nitrogen and oxygen atoms in total. The van der Waals surface area contributed by atoms with Crippen LogP contribution in [0.1, 0.15) is 33.6 Å². The Bertz CT molecular complexity index is 257. The standard InChI is InChI=1S/C13H26N2O3/c1-13(2,3)18-10-11(16)8-14-9-12(17)15-6-4-5-7-15/h11,14,16H,4-10H2,1-3H3. The van der Waals surface area contributed by atoms with E-state index in [1.807, 2.05) is 25.7 Å². The Morgan fingerprint density at radius 1 is 1.39 bits per heavy atom. The lowest BCUT2D eigenvalue weighted by atomic mass is 10.2. The quantitative estimate of drug-likeness (QED) is 0.723. The predicted molar refractivity (Wildman–Crippen MR) is 70.4 cm³/mol. The summed E-state index contributed by atoms with van der Waals surface area (Å²) < 4.78 is 5.46. The summed E-state index contributed by atoms with van der Waals surface area (Å²) >= 11 is 0. The fourth-order valence-electron chi connectivity index (χ4n) is 1.83. The minimum absolute atomic E-state index is 0.122. The number of hydrogen-bond acceptors (Lipinski definition) is 4. The van der Waals surface area contributed by atoms with Gasteiger partial charge < -0.3 is 20.1 Å². The Morgan fingerprint density at radius 2 is 2.00 bits per heavy atom. The van der Waals surface area contributed by atoms with Crippen LogP contribution in [0, 0.1) is 0 Å². The van der Waals surface area contributed by atoms with Gasteiger partial charge >= 0.3 is 0 Å². The second kappa shape index (κ2) is 7.07. The van der Waals surface area contributed by atoms with Gasteiger partial charge in [-0.15, -0.1) is 0 Å². The third-order valence-corrected chi connectivity index (χ3v) is 2.82. The van der Waals surface area contributed by atoms with Gasteiger partial charge in [0.25, 0.3) is 0 Å². The van der Waals surface area contributed by atoms with E-state index in [1.165, 1.54) is 0 Å². The Kier molecular flexibility index (Phi) is 6.05. The molecule has 1 heterocycles. The molecule has 5 heteroatoms. The van der Waals surface area contributed by atoms with Crippen LogP contribution in [0.15, 0.2) is 0 Å². The predicted octanol–water partition coefficient (Wildman–Crippen LogP) is 0.374. The van der Waals surface area contributed by atoms with Gasteiger partial charge in [-0.2, -0.15) is 0 Å². The molecule has 1 saturated heterocycles. The number of aliphatic hydroxyl groups excluding tert-OH is 1. The molecule has 0 aromatic rings. The maximum absolute atomic E-state index is 11.7. The number of amides is 1. The van der Waals surface area contributed by atoms with Crippen LogP contribution in [0.25, 0.3) is 0 Å². The third kappa shape index (κ3) is 6.33. The normalized spacial score (nSPS) is 18.1. The lowest BCUT2D eigenvalue weighted by Crippen LogP contribution is -2.40. The molecule has 1 aliphatic rings.